The topological polar surface area (TPSA) is 70.1 Å². The van der Waals surface area contributed by atoms with Crippen molar-refractivity contribution in [2.75, 3.05) is 37.6 Å². The smallest absolute Gasteiger partial charge is 0.340 e. The number of nitrogens with zero attached hydrogens (tertiary/aromatic N) is 5. The molecule has 0 atom stereocenters. The van der Waals surface area contributed by atoms with E-state index in [1.165, 1.54) is 22.8 Å². The Morgan fingerprint density at radius 2 is 1.73 bits per heavy atom. The van der Waals surface area contributed by atoms with Gasteiger partial charge in [-0.1, -0.05) is 0 Å². The van der Waals surface area contributed by atoms with Gasteiger partial charge in [-0.3, -0.25) is 14.7 Å². The van der Waals surface area contributed by atoms with E-state index in [1.807, 2.05) is 4.90 Å². The van der Waals surface area contributed by atoms with Crippen molar-refractivity contribution in [2.24, 2.45) is 0 Å². The zero-order valence-corrected chi connectivity index (χ0v) is 17.4. The molecule has 1 aliphatic heterocycles. The number of fused-ring (bicyclic) bond motifs is 2. The summed E-state index contributed by atoms with van der Waals surface area (Å²) in [5.74, 6) is 0.0412. The van der Waals surface area contributed by atoms with E-state index >= 15 is 0 Å². The number of piperazine rings is 1. The first-order valence-electron chi connectivity index (χ1n) is 10.5. The predicted octanol–water partition coefficient (Wildman–Crippen LogP) is 3.25. The second-order valence-corrected chi connectivity index (χ2v) is 8.00. The van der Waals surface area contributed by atoms with E-state index in [0.717, 1.165) is 18.3 Å². The molecule has 1 aromatic carbocycles. The number of aromatic nitrogens is 4. The van der Waals surface area contributed by atoms with Gasteiger partial charge in [0.05, 0.1) is 33.8 Å². The minimum Gasteiger partial charge on any atom is -0.340 e. The van der Waals surface area contributed by atoms with Crippen LogP contribution in [0.3, 0.4) is 0 Å². The highest BCUT2D eigenvalue weighted by Gasteiger charge is 2.31. The summed E-state index contributed by atoms with van der Waals surface area (Å²) in [6.45, 7) is 3.64. The van der Waals surface area contributed by atoms with Crippen molar-refractivity contribution in [3.63, 3.8) is 0 Å². The number of anilines is 1. The van der Waals surface area contributed by atoms with E-state index in [4.69, 9.17) is 0 Å². The highest BCUT2D eigenvalue weighted by molar-refractivity contribution is 5.78. The molecule has 7 nitrogen and oxygen atoms in total. The van der Waals surface area contributed by atoms with E-state index < -0.39 is 17.6 Å². The van der Waals surface area contributed by atoms with Crippen LogP contribution in [0, 0.1) is 5.82 Å². The second-order valence-electron chi connectivity index (χ2n) is 8.00. The Hall–Kier alpha value is -3.47. The molecule has 1 saturated heterocycles. The van der Waals surface area contributed by atoms with Gasteiger partial charge in [-0.05, 0) is 24.3 Å². The van der Waals surface area contributed by atoms with E-state index in [0.29, 0.717) is 67.3 Å². The number of imidazole rings is 1. The Balaban J connectivity index is 1.25. The van der Waals surface area contributed by atoms with Crippen LogP contribution in [0.25, 0.3) is 22.1 Å². The molecule has 1 aliphatic rings. The molecule has 0 radical (unpaired) electrons. The van der Waals surface area contributed by atoms with E-state index in [1.54, 1.807) is 6.07 Å². The summed E-state index contributed by atoms with van der Waals surface area (Å²) in [5, 5.41) is 0. The van der Waals surface area contributed by atoms with Crippen molar-refractivity contribution in [1.82, 2.24) is 24.4 Å². The highest BCUT2D eigenvalue weighted by Crippen LogP contribution is 2.31. The molecule has 3 aromatic heterocycles. The van der Waals surface area contributed by atoms with Crippen LogP contribution < -0.4 is 10.5 Å². The number of hydrogen-bond donors (Lipinski definition) is 1. The average molecular weight is 460 g/mol. The maximum absolute atomic E-state index is 13.6. The highest BCUT2D eigenvalue weighted by atomic mass is 19.4. The van der Waals surface area contributed by atoms with E-state index in [9.17, 15) is 22.4 Å². The molecule has 1 N–H and O–H groups in total. The average Bonchev–Trinajstić information content (AvgIpc) is 3.22. The summed E-state index contributed by atoms with van der Waals surface area (Å²) < 4.78 is 54.0. The molecule has 0 spiro atoms. The molecule has 11 heteroatoms. The van der Waals surface area contributed by atoms with Gasteiger partial charge in [-0.15, -0.1) is 0 Å². The van der Waals surface area contributed by atoms with Gasteiger partial charge in [0.1, 0.15) is 5.82 Å². The van der Waals surface area contributed by atoms with Crippen LogP contribution in [-0.4, -0.2) is 57.1 Å². The maximum atomic E-state index is 13.6. The minimum absolute atomic E-state index is 0.214. The fraction of sp³-hybridized carbons (Fsp3) is 0.318. The van der Waals surface area contributed by atoms with Gasteiger partial charge in [0.15, 0.2) is 0 Å². The molecule has 4 heterocycles. The number of alkyl halides is 3. The number of benzene rings is 1. The summed E-state index contributed by atoms with van der Waals surface area (Å²) in [6.07, 6.45) is -3.28. The number of halogens is 4. The molecule has 0 amide bonds. The van der Waals surface area contributed by atoms with Gasteiger partial charge in [0, 0.05) is 51.4 Å². The third-order valence-electron chi connectivity index (χ3n) is 5.91. The van der Waals surface area contributed by atoms with E-state index in [-0.39, 0.29) is 5.56 Å². The molecule has 172 valence electrons. The molecule has 0 aliphatic carbocycles. The fourth-order valence-electron chi connectivity index (χ4n) is 4.12. The molecule has 4 aromatic rings. The first-order valence-corrected chi connectivity index (χ1v) is 10.5. The lowest BCUT2D eigenvalue weighted by atomic mass is 10.2. The summed E-state index contributed by atoms with van der Waals surface area (Å²) in [7, 11) is 0. The summed E-state index contributed by atoms with van der Waals surface area (Å²) >= 11 is 0. The Labute approximate surface area is 185 Å². The SMILES string of the molecule is O=c1ccc2ncc(F)cc2n1CCN1CCN(c2nc3ccc(C(F)(F)F)cc3[nH]2)CC1. The molecule has 0 bridgehead atoms. The fourth-order valence-corrected chi connectivity index (χ4v) is 4.12. The van der Waals surface area contributed by atoms with Gasteiger partial charge in [0.2, 0.25) is 5.95 Å². The van der Waals surface area contributed by atoms with Crippen molar-refractivity contribution < 1.29 is 17.6 Å². The molecule has 33 heavy (non-hydrogen) atoms. The van der Waals surface area contributed by atoms with Crippen LogP contribution >= 0.6 is 0 Å². The molecule has 0 saturated carbocycles. The van der Waals surface area contributed by atoms with Crippen molar-refractivity contribution in [3.8, 4) is 0 Å². The summed E-state index contributed by atoms with van der Waals surface area (Å²) in [4.78, 5) is 28.0. The Kier molecular flexibility index (Phi) is 5.28. The van der Waals surface area contributed by atoms with Crippen LogP contribution in [0.4, 0.5) is 23.5 Å². The molecule has 0 unspecified atom stereocenters. The quantitative estimate of drug-likeness (QED) is 0.474. The number of aromatic amines is 1. The second kappa shape index (κ2) is 8.14. The zero-order chi connectivity index (χ0) is 23.2. The minimum atomic E-state index is -4.40. The number of rotatable bonds is 4. The van der Waals surface area contributed by atoms with Crippen molar-refractivity contribution in [1.29, 1.82) is 0 Å². The lowest BCUT2D eigenvalue weighted by Crippen LogP contribution is -2.48. The number of pyridine rings is 2. The number of hydrogen-bond acceptors (Lipinski definition) is 5. The first kappa shape index (κ1) is 21.4. The first-order chi connectivity index (χ1) is 15.8. The Morgan fingerprint density at radius 3 is 2.48 bits per heavy atom. The lowest BCUT2D eigenvalue weighted by molar-refractivity contribution is -0.137. The van der Waals surface area contributed by atoms with Crippen LogP contribution in [0.15, 0.2) is 47.4 Å². The van der Waals surface area contributed by atoms with Gasteiger partial charge in [-0.2, -0.15) is 13.2 Å². The zero-order valence-electron chi connectivity index (χ0n) is 17.4. The van der Waals surface area contributed by atoms with Gasteiger partial charge in [-0.25, -0.2) is 9.37 Å². The molecular formula is C22H20F4N6O. The van der Waals surface area contributed by atoms with Crippen molar-refractivity contribution in [2.45, 2.75) is 12.7 Å². The summed E-state index contributed by atoms with van der Waals surface area (Å²) in [5.41, 5.74) is 0.916. The van der Waals surface area contributed by atoms with Gasteiger partial charge in [0.25, 0.3) is 5.56 Å². The predicted molar refractivity (Wildman–Crippen MR) is 116 cm³/mol. The van der Waals surface area contributed by atoms with Crippen LogP contribution in [0.1, 0.15) is 5.56 Å². The van der Waals surface area contributed by atoms with Crippen LogP contribution in [-0.2, 0) is 12.7 Å². The normalized spacial score (nSPS) is 15.6. The largest absolute Gasteiger partial charge is 0.416 e. The lowest BCUT2D eigenvalue weighted by Gasteiger charge is -2.34. The summed E-state index contributed by atoms with van der Waals surface area (Å²) in [6, 6.07) is 7.79. The third kappa shape index (κ3) is 4.28. The molecule has 1 fully saturated rings. The number of H-pyrrole nitrogens is 1. The van der Waals surface area contributed by atoms with Crippen LogP contribution in [0.2, 0.25) is 0 Å². The third-order valence-corrected chi connectivity index (χ3v) is 5.91. The Bertz CT molecular complexity index is 1370. The van der Waals surface area contributed by atoms with Crippen molar-refractivity contribution in [3.05, 3.63) is 64.3 Å². The monoisotopic (exact) mass is 460 g/mol. The van der Waals surface area contributed by atoms with Gasteiger partial charge < -0.3 is 14.5 Å². The standard InChI is InChI=1S/C22H20F4N6O/c23-15-12-19-17(27-13-15)3-4-20(33)32(19)10-7-30-5-8-31(9-6-30)21-28-16-2-1-14(22(24,25)26)11-18(16)29-21/h1-4,11-13H,5-10H2,(H,28,29). The maximum Gasteiger partial charge on any atom is 0.416 e. The Morgan fingerprint density at radius 1 is 0.970 bits per heavy atom. The van der Waals surface area contributed by atoms with Gasteiger partial charge >= 0.3 is 6.18 Å². The number of nitrogens with one attached hydrogen (secondary N) is 1. The van der Waals surface area contributed by atoms with E-state index in [2.05, 4.69) is 19.9 Å². The molecular weight excluding hydrogens is 440 g/mol. The molecule has 5 rings (SSSR count). The van der Waals surface area contributed by atoms with Crippen LogP contribution in [0.5, 0.6) is 0 Å². The van der Waals surface area contributed by atoms with Crippen molar-refractivity contribution >= 4 is 28.0 Å².